The van der Waals surface area contributed by atoms with Gasteiger partial charge in [0.15, 0.2) is 11.7 Å². The topological polar surface area (TPSA) is 79.5 Å². The SMILES string of the molecule is CCOC(=O)CN=C(SC)C(C#N)C(=O)c1cccs1. The quantitative estimate of drug-likeness (QED) is 0.349. The van der Waals surface area contributed by atoms with E-state index in [-0.39, 0.29) is 18.9 Å². The number of carbonyl (C=O) groups excluding carboxylic acids is 2. The van der Waals surface area contributed by atoms with Crippen LogP contribution in [-0.4, -0.2) is 36.2 Å². The number of nitriles is 1. The Kier molecular flexibility index (Phi) is 6.98. The van der Waals surface area contributed by atoms with E-state index in [0.29, 0.717) is 9.92 Å². The lowest BCUT2D eigenvalue weighted by molar-refractivity contribution is -0.141. The van der Waals surface area contributed by atoms with Gasteiger partial charge in [0.25, 0.3) is 0 Å². The zero-order chi connectivity index (χ0) is 15.0. The van der Waals surface area contributed by atoms with E-state index in [9.17, 15) is 14.9 Å². The summed E-state index contributed by atoms with van der Waals surface area (Å²) in [5.41, 5.74) is 0. The molecule has 5 nitrogen and oxygen atoms in total. The molecule has 1 atom stereocenters. The Balaban J connectivity index is 2.85. The molecular formula is C13H14N2O3S2. The molecular weight excluding hydrogens is 296 g/mol. The Morgan fingerprint density at radius 1 is 1.60 bits per heavy atom. The molecule has 0 aliphatic carbocycles. The first kappa shape index (κ1) is 16.4. The Morgan fingerprint density at radius 2 is 2.35 bits per heavy atom. The molecule has 1 aromatic heterocycles. The Hall–Kier alpha value is -1.65. The summed E-state index contributed by atoms with van der Waals surface area (Å²) in [5, 5.41) is 11.3. The number of ketones is 1. The summed E-state index contributed by atoms with van der Waals surface area (Å²) in [6.07, 6.45) is 1.72. The van der Waals surface area contributed by atoms with Gasteiger partial charge in [-0.25, -0.2) is 0 Å². The van der Waals surface area contributed by atoms with Gasteiger partial charge in [-0.2, -0.15) is 5.26 Å². The summed E-state index contributed by atoms with van der Waals surface area (Å²) < 4.78 is 4.76. The largest absolute Gasteiger partial charge is 0.465 e. The first-order valence-corrected chi connectivity index (χ1v) is 7.95. The van der Waals surface area contributed by atoms with Crippen molar-refractivity contribution >= 4 is 39.9 Å². The Labute approximate surface area is 125 Å². The highest BCUT2D eigenvalue weighted by molar-refractivity contribution is 8.13. The molecule has 0 aliphatic rings. The van der Waals surface area contributed by atoms with E-state index >= 15 is 0 Å². The summed E-state index contributed by atoms with van der Waals surface area (Å²) in [4.78, 5) is 28.0. The number of ether oxygens (including phenoxy) is 1. The van der Waals surface area contributed by atoms with Crippen molar-refractivity contribution in [1.82, 2.24) is 0 Å². The summed E-state index contributed by atoms with van der Waals surface area (Å²) in [6.45, 7) is 1.80. The fraction of sp³-hybridized carbons (Fsp3) is 0.385. The number of carbonyl (C=O) groups is 2. The smallest absolute Gasteiger partial charge is 0.327 e. The van der Waals surface area contributed by atoms with Crippen LogP contribution >= 0.6 is 23.1 Å². The molecule has 1 rings (SSSR count). The molecule has 0 radical (unpaired) electrons. The number of nitrogens with zero attached hydrogens (tertiary/aromatic N) is 2. The molecule has 0 aromatic carbocycles. The van der Waals surface area contributed by atoms with Gasteiger partial charge in [0.1, 0.15) is 6.54 Å². The van der Waals surface area contributed by atoms with Gasteiger partial charge in [-0.15, -0.1) is 23.1 Å². The summed E-state index contributed by atoms with van der Waals surface area (Å²) >= 11 is 2.47. The molecule has 0 N–H and O–H groups in total. The van der Waals surface area contributed by atoms with E-state index in [0.717, 1.165) is 0 Å². The van der Waals surface area contributed by atoms with E-state index in [1.807, 2.05) is 6.07 Å². The Morgan fingerprint density at radius 3 is 2.85 bits per heavy atom. The third-order valence-corrected chi connectivity index (χ3v) is 3.95. The van der Waals surface area contributed by atoms with Gasteiger partial charge in [-0.1, -0.05) is 6.07 Å². The molecule has 0 spiro atoms. The summed E-state index contributed by atoms with van der Waals surface area (Å²) in [6, 6.07) is 5.37. The highest BCUT2D eigenvalue weighted by Gasteiger charge is 2.26. The molecule has 1 aromatic rings. The predicted octanol–water partition coefficient (Wildman–Crippen LogP) is 2.40. The summed E-state index contributed by atoms with van der Waals surface area (Å²) in [5.74, 6) is -1.74. The number of hydrogen-bond donors (Lipinski definition) is 0. The minimum absolute atomic E-state index is 0.181. The fourth-order valence-electron chi connectivity index (χ4n) is 1.41. The number of thioether (sulfide) groups is 1. The van der Waals surface area contributed by atoms with Gasteiger partial charge in [0.2, 0.25) is 0 Å². The van der Waals surface area contributed by atoms with Crippen LogP contribution in [0.15, 0.2) is 22.5 Å². The van der Waals surface area contributed by atoms with Crippen LogP contribution in [0.5, 0.6) is 0 Å². The second kappa shape index (κ2) is 8.51. The summed E-state index contributed by atoms with van der Waals surface area (Å²) in [7, 11) is 0. The average molecular weight is 310 g/mol. The van der Waals surface area contributed by atoms with Crippen LogP contribution in [0.2, 0.25) is 0 Å². The van der Waals surface area contributed by atoms with E-state index < -0.39 is 11.9 Å². The molecule has 0 aliphatic heterocycles. The lowest BCUT2D eigenvalue weighted by Crippen LogP contribution is -2.21. The fourth-order valence-corrected chi connectivity index (χ4v) is 2.69. The molecule has 0 amide bonds. The van der Waals surface area contributed by atoms with Crippen LogP contribution < -0.4 is 0 Å². The van der Waals surface area contributed by atoms with E-state index in [4.69, 9.17) is 4.74 Å². The van der Waals surface area contributed by atoms with Crippen molar-refractivity contribution in [3.8, 4) is 6.07 Å². The molecule has 0 saturated heterocycles. The zero-order valence-electron chi connectivity index (χ0n) is 11.2. The van der Waals surface area contributed by atoms with Crippen molar-refractivity contribution in [2.24, 2.45) is 10.9 Å². The number of thiophene rings is 1. The maximum absolute atomic E-state index is 12.2. The molecule has 0 fully saturated rings. The van der Waals surface area contributed by atoms with E-state index in [1.165, 1.54) is 23.1 Å². The van der Waals surface area contributed by atoms with Gasteiger partial charge in [0, 0.05) is 0 Å². The van der Waals surface area contributed by atoms with Crippen molar-refractivity contribution < 1.29 is 14.3 Å². The standard InChI is InChI=1S/C13H14N2O3S2/c1-3-18-11(16)8-15-13(19-2)9(7-14)12(17)10-5-4-6-20-10/h4-6,9H,3,8H2,1-2H3. The van der Waals surface area contributed by atoms with Crippen LogP contribution in [0.25, 0.3) is 0 Å². The zero-order valence-corrected chi connectivity index (χ0v) is 12.8. The van der Waals surface area contributed by atoms with Gasteiger partial charge in [0.05, 0.1) is 22.6 Å². The monoisotopic (exact) mass is 310 g/mol. The lowest BCUT2D eigenvalue weighted by Gasteiger charge is -2.08. The van der Waals surface area contributed by atoms with E-state index in [1.54, 1.807) is 30.7 Å². The minimum Gasteiger partial charge on any atom is -0.465 e. The van der Waals surface area contributed by atoms with Crippen LogP contribution in [0.4, 0.5) is 0 Å². The van der Waals surface area contributed by atoms with Gasteiger partial charge in [-0.05, 0) is 24.6 Å². The number of hydrogen-bond acceptors (Lipinski definition) is 7. The normalized spacial score (nSPS) is 12.6. The first-order chi connectivity index (χ1) is 9.63. The Bertz CT molecular complexity index is 532. The van der Waals surface area contributed by atoms with Crippen molar-refractivity contribution in [3.63, 3.8) is 0 Å². The van der Waals surface area contributed by atoms with Crippen molar-refractivity contribution in [2.75, 3.05) is 19.4 Å². The minimum atomic E-state index is -0.974. The van der Waals surface area contributed by atoms with Crippen LogP contribution in [0.1, 0.15) is 16.6 Å². The molecule has 20 heavy (non-hydrogen) atoms. The highest BCUT2D eigenvalue weighted by atomic mass is 32.2. The maximum Gasteiger partial charge on any atom is 0.327 e. The van der Waals surface area contributed by atoms with Gasteiger partial charge < -0.3 is 4.74 Å². The van der Waals surface area contributed by atoms with Crippen molar-refractivity contribution in [1.29, 1.82) is 5.26 Å². The molecule has 0 bridgehead atoms. The van der Waals surface area contributed by atoms with Crippen LogP contribution in [0, 0.1) is 17.2 Å². The third kappa shape index (κ3) is 4.47. The van der Waals surface area contributed by atoms with Crippen molar-refractivity contribution in [3.05, 3.63) is 22.4 Å². The second-order valence-electron chi connectivity index (χ2n) is 3.57. The molecule has 0 saturated carbocycles. The number of aliphatic imine (C=N–C) groups is 1. The number of rotatable bonds is 6. The molecule has 1 heterocycles. The molecule has 106 valence electrons. The van der Waals surface area contributed by atoms with E-state index in [2.05, 4.69) is 4.99 Å². The predicted molar refractivity (Wildman–Crippen MR) is 80.2 cm³/mol. The molecule has 1 unspecified atom stereocenters. The number of Topliss-reactive ketones (excluding diaryl/α,β-unsaturated/α-hetero) is 1. The van der Waals surface area contributed by atoms with Gasteiger partial charge in [-0.3, -0.25) is 14.6 Å². The maximum atomic E-state index is 12.2. The number of esters is 1. The van der Waals surface area contributed by atoms with Gasteiger partial charge >= 0.3 is 5.97 Å². The molecule has 7 heteroatoms. The second-order valence-corrected chi connectivity index (χ2v) is 5.34. The lowest BCUT2D eigenvalue weighted by atomic mass is 10.1. The third-order valence-electron chi connectivity index (χ3n) is 2.28. The van der Waals surface area contributed by atoms with Crippen LogP contribution in [0.3, 0.4) is 0 Å². The average Bonchev–Trinajstić information content (AvgIpc) is 2.97. The van der Waals surface area contributed by atoms with Crippen LogP contribution in [-0.2, 0) is 9.53 Å². The first-order valence-electron chi connectivity index (χ1n) is 5.85. The highest BCUT2D eigenvalue weighted by Crippen LogP contribution is 2.19. The van der Waals surface area contributed by atoms with Crippen molar-refractivity contribution in [2.45, 2.75) is 6.92 Å².